The molecule has 25 heavy (non-hydrogen) atoms. The normalized spacial score (nSPS) is 18.2. The van der Waals surface area contributed by atoms with Gasteiger partial charge in [-0.25, -0.2) is 0 Å². The van der Waals surface area contributed by atoms with Crippen LogP contribution in [0.1, 0.15) is 31.7 Å². The van der Waals surface area contributed by atoms with Crippen LogP contribution >= 0.6 is 11.6 Å². The standard InChI is InChI=1S/C19H24BClO4/c1-3-14(10-15-5-6-16(23)11-18(15)21)4-7-19-17(13(2)12-22)8-9-20(24)25-19/h5-6,8,10-11,19,22-24H,2-4,7,9,12H2,1H3/b14-10+. The van der Waals surface area contributed by atoms with Crippen molar-refractivity contribution in [1.29, 1.82) is 0 Å². The first-order valence-corrected chi connectivity index (χ1v) is 8.83. The predicted molar refractivity (Wildman–Crippen MR) is 103 cm³/mol. The summed E-state index contributed by atoms with van der Waals surface area (Å²) in [5, 5.41) is 29.0. The molecule has 0 saturated heterocycles. The highest BCUT2D eigenvalue weighted by atomic mass is 35.5. The maximum atomic E-state index is 9.76. The van der Waals surface area contributed by atoms with Crippen LogP contribution in [0.2, 0.25) is 11.3 Å². The third-order valence-electron chi connectivity index (χ3n) is 4.33. The fourth-order valence-corrected chi connectivity index (χ4v) is 3.11. The van der Waals surface area contributed by atoms with Crippen molar-refractivity contribution in [3.8, 4) is 5.75 Å². The summed E-state index contributed by atoms with van der Waals surface area (Å²) in [5.74, 6) is 0.141. The lowest BCUT2D eigenvalue weighted by Crippen LogP contribution is -2.32. The van der Waals surface area contributed by atoms with Gasteiger partial charge in [-0.2, -0.15) is 0 Å². The predicted octanol–water partition coefficient (Wildman–Crippen LogP) is 3.97. The Morgan fingerprint density at radius 2 is 2.24 bits per heavy atom. The molecule has 4 nitrogen and oxygen atoms in total. The van der Waals surface area contributed by atoms with Gasteiger partial charge in [-0.1, -0.05) is 42.8 Å². The van der Waals surface area contributed by atoms with Crippen molar-refractivity contribution in [2.75, 3.05) is 6.61 Å². The lowest BCUT2D eigenvalue weighted by atomic mass is 9.78. The topological polar surface area (TPSA) is 69.9 Å². The second kappa shape index (κ2) is 9.25. The first-order chi connectivity index (χ1) is 11.9. The van der Waals surface area contributed by atoms with Gasteiger partial charge in [0, 0.05) is 6.32 Å². The first-order valence-electron chi connectivity index (χ1n) is 8.45. The maximum absolute atomic E-state index is 9.76. The summed E-state index contributed by atoms with van der Waals surface area (Å²) in [5.41, 5.74) is 3.54. The second-order valence-corrected chi connectivity index (χ2v) is 6.54. The molecular formula is C19H24BClO4. The zero-order chi connectivity index (χ0) is 18.4. The molecule has 1 atom stereocenters. The van der Waals surface area contributed by atoms with Crippen molar-refractivity contribution in [3.63, 3.8) is 0 Å². The highest BCUT2D eigenvalue weighted by Crippen LogP contribution is 2.29. The number of hydrogen-bond donors (Lipinski definition) is 3. The SMILES string of the molecule is C=C(CO)C1=CCB(O)OC1CC/C(=C/c1ccc(O)cc1Cl)CC. The average Bonchev–Trinajstić information content (AvgIpc) is 2.59. The number of aromatic hydroxyl groups is 1. The van der Waals surface area contributed by atoms with Gasteiger partial charge in [0.05, 0.1) is 17.7 Å². The minimum Gasteiger partial charge on any atom is -0.508 e. The van der Waals surface area contributed by atoms with Crippen LogP contribution in [0.25, 0.3) is 6.08 Å². The zero-order valence-electron chi connectivity index (χ0n) is 14.4. The highest BCUT2D eigenvalue weighted by molar-refractivity contribution is 6.43. The van der Waals surface area contributed by atoms with Crippen LogP contribution in [-0.2, 0) is 4.65 Å². The molecule has 1 aliphatic heterocycles. The summed E-state index contributed by atoms with van der Waals surface area (Å²) < 4.78 is 5.64. The molecular weight excluding hydrogens is 338 g/mol. The molecule has 0 radical (unpaired) electrons. The second-order valence-electron chi connectivity index (χ2n) is 6.14. The summed E-state index contributed by atoms with van der Waals surface area (Å²) in [7, 11) is -0.819. The number of aliphatic hydroxyl groups excluding tert-OH is 1. The van der Waals surface area contributed by atoms with Crippen LogP contribution in [0.5, 0.6) is 5.75 Å². The van der Waals surface area contributed by atoms with Gasteiger partial charge in [-0.05, 0) is 54.2 Å². The van der Waals surface area contributed by atoms with Crippen LogP contribution in [-0.4, -0.2) is 35.1 Å². The molecule has 1 aromatic carbocycles. The van der Waals surface area contributed by atoms with Gasteiger partial charge in [0.2, 0.25) is 0 Å². The van der Waals surface area contributed by atoms with Crippen LogP contribution in [0, 0.1) is 0 Å². The van der Waals surface area contributed by atoms with E-state index in [0.717, 1.165) is 24.0 Å². The van der Waals surface area contributed by atoms with Gasteiger partial charge >= 0.3 is 7.12 Å². The summed E-state index contributed by atoms with van der Waals surface area (Å²) in [6, 6.07) is 4.91. The molecule has 1 heterocycles. The number of aliphatic hydroxyl groups is 1. The molecule has 0 fully saturated rings. The van der Waals surface area contributed by atoms with E-state index >= 15 is 0 Å². The van der Waals surface area contributed by atoms with Crippen LogP contribution in [0.3, 0.4) is 0 Å². The molecule has 0 amide bonds. The Morgan fingerprint density at radius 3 is 2.88 bits per heavy atom. The Balaban J connectivity index is 2.10. The fourth-order valence-electron chi connectivity index (χ4n) is 2.89. The summed E-state index contributed by atoms with van der Waals surface area (Å²) in [6.45, 7) is 5.82. The number of benzene rings is 1. The van der Waals surface area contributed by atoms with Gasteiger partial charge in [-0.3, -0.25) is 0 Å². The smallest absolute Gasteiger partial charge is 0.458 e. The molecule has 0 spiro atoms. The number of phenolic OH excluding ortho intramolecular Hbond substituents is 1. The number of rotatable bonds is 7. The Hall–Kier alpha value is -1.53. The van der Waals surface area contributed by atoms with Gasteiger partial charge < -0.3 is 19.9 Å². The van der Waals surface area contributed by atoms with Crippen molar-refractivity contribution < 1.29 is 19.9 Å². The Labute approximate surface area is 154 Å². The van der Waals surface area contributed by atoms with E-state index in [1.165, 1.54) is 11.6 Å². The number of allylic oxidation sites excluding steroid dienone is 2. The highest BCUT2D eigenvalue weighted by Gasteiger charge is 2.27. The molecule has 0 bridgehead atoms. The van der Waals surface area contributed by atoms with Crippen LogP contribution < -0.4 is 0 Å². The van der Waals surface area contributed by atoms with Crippen molar-refractivity contribution in [3.05, 3.63) is 58.2 Å². The Morgan fingerprint density at radius 1 is 1.48 bits per heavy atom. The minimum absolute atomic E-state index is 0.124. The molecule has 1 aliphatic rings. The van der Waals surface area contributed by atoms with E-state index in [1.54, 1.807) is 12.1 Å². The quantitative estimate of drug-likeness (QED) is 0.642. The average molecular weight is 363 g/mol. The summed E-state index contributed by atoms with van der Waals surface area (Å²) in [6.07, 6.45) is 6.33. The lowest BCUT2D eigenvalue weighted by Gasteiger charge is -2.28. The van der Waals surface area contributed by atoms with E-state index in [9.17, 15) is 15.2 Å². The van der Waals surface area contributed by atoms with E-state index < -0.39 is 7.12 Å². The largest absolute Gasteiger partial charge is 0.508 e. The Kier molecular flexibility index (Phi) is 7.32. The summed E-state index contributed by atoms with van der Waals surface area (Å²) in [4.78, 5) is 0. The van der Waals surface area contributed by atoms with E-state index in [4.69, 9.17) is 16.3 Å². The van der Waals surface area contributed by atoms with E-state index in [0.29, 0.717) is 23.3 Å². The molecule has 3 N–H and O–H groups in total. The first kappa shape index (κ1) is 19.8. The number of halogens is 1. The minimum atomic E-state index is -0.819. The molecule has 0 aromatic heterocycles. The molecule has 134 valence electrons. The molecule has 6 heteroatoms. The van der Waals surface area contributed by atoms with E-state index in [-0.39, 0.29) is 18.5 Å². The molecule has 0 aliphatic carbocycles. The van der Waals surface area contributed by atoms with Crippen molar-refractivity contribution in [2.24, 2.45) is 0 Å². The van der Waals surface area contributed by atoms with Crippen molar-refractivity contribution >= 4 is 24.8 Å². The third-order valence-corrected chi connectivity index (χ3v) is 4.66. The van der Waals surface area contributed by atoms with E-state index in [2.05, 4.69) is 13.5 Å². The number of phenols is 1. The van der Waals surface area contributed by atoms with Gasteiger partial charge in [-0.15, -0.1) is 0 Å². The molecule has 0 saturated carbocycles. The lowest BCUT2D eigenvalue weighted by molar-refractivity contribution is 0.180. The number of hydrogen-bond acceptors (Lipinski definition) is 4. The summed E-state index contributed by atoms with van der Waals surface area (Å²) >= 11 is 6.17. The van der Waals surface area contributed by atoms with E-state index in [1.807, 2.05) is 12.2 Å². The van der Waals surface area contributed by atoms with Crippen molar-refractivity contribution in [1.82, 2.24) is 0 Å². The van der Waals surface area contributed by atoms with Gasteiger partial charge in [0.1, 0.15) is 5.75 Å². The fraction of sp³-hybridized carbons (Fsp3) is 0.368. The van der Waals surface area contributed by atoms with Crippen molar-refractivity contribution in [2.45, 2.75) is 38.6 Å². The van der Waals surface area contributed by atoms with Crippen LogP contribution in [0.4, 0.5) is 0 Å². The van der Waals surface area contributed by atoms with Gasteiger partial charge in [0.25, 0.3) is 0 Å². The third kappa shape index (κ3) is 5.48. The maximum Gasteiger partial charge on any atom is 0.458 e. The Bertz CT molecular complexity index is 684. The van der Waals surface area contributed by atoms with Crippen LogP contribution in [0.15, 0.2) is 47.6 Å². The zero-order valence-corrected chi connectivity index (χ0v) is 15.2. The molecule has 2 rings (SSSR count). The van der Waals surface area contributed by atoms with Gasteiger partial charge in [0.15, 0.2) is 0 Å². The monoisotopic (exact) mass is 362 g/mol. The molecule has 1 aromatic rings. The molecule has 1 unspecified atom stereocenters.